The fraction of sp³-hybridized carbons (Fsp3) is 0.250. The third-order valence-electron chi connectivity index (χ3n) is 2.97. The van der Waals surface area contributed by atoms with E-state index in [0.717, 1.165) is 22.5 Å². The number of allylic oxidation sites excluding steroid dienone is 2. The molecule has 94 valence electrons. The highest BCUT2D eigenvalue weighted by molar-refractivity contribution is 5.47. The van der Waals surface area contributed by atoms with Crippen molar-refractivity contribution < 1.29 is 9.84 Å². The second kappa shape index (κ2) is 5.69. The Hall–Kier alpha value is -1.80. The molecule has 0 aromatic heterocycles. The van der Waals surface area contributed by atoms with Crippen molar-refractivity contribution in [3.63, 3.8) is 0 Å². The summed E-state index contributed by atoms with van der Waals surface area (Å²) in [6.07, 6.45) is 4.00. The highest BCUT2D eigenvalue weighted by Gasteiger charge is 2.29. The highest BCUT2D eigenvalue weighted by Crippen LogP contribution is 2.35. The molecule has 1 aliphatic rings. The van der Waals surface area contributed by atoms with Gasteiger partial charge < -0.3 is 9.84 Å². The first-order valence-electron chi connectivity index (χ1n) is 6.12. The third-order valence-corrected chi connectivity index (χ3v) is 2.97. The summed E-state index contributed by atoms with van der Waals surface area (Å²) >= 11 is 0. The molecule has 0 spiro atoms. The van der Waals surface area contributed by atoms with Crippen LogP contribution in [0.25, 0.3) is 0 Å². The lowest BCUT2D eigenvalue weighted by Crippen LogP contribution is -2.26. The number of hydrogen-bond acceptors (Lipinski definition) is 2. The Balaban J connectivity index is 2.11. The molecule has 1 atom stereocenters. The van der Waals surface area contributed by atoms with Gasteiger partial charge in [0.2, 0.25) is 0 Å². The molecule has 1 aliphatic carbocycles. The second-order valence-corrected chi connectivity index (χ2v) is 4.38. The summed E-state index contributed by atoms with van der Waals surface area (Å²) in [7, 11) is 0. The van der Waals surface area contributed by atoms with Crippen LogP contribution in [0.15, 0.2) is 66.0 Å². The van der Waals surface area contributed by atoms with Crippen LogP contribution in [0.4, 0.5) is 0 Å². The zero-order valence-corrected chi connectivity index (χ0v) is 10.6. The van der Waals surface area contributed by atoms with Gasteiger partial charge in [0, 0.05) is 12.0 Å². The van der Waals surface area contributed by atoms with Crippen molar-refractivity contribution in [1.82, 2.24) is 0 Å². The molecule has 0 heterocycles. The molecule has 0 bridgehead atoms. The van der Waals surface area contributed by atoms with Gasteiger partial charge in [-0.2, -0.15) is 0 Å². The minimum absolute atomic E-state index is 0.431. The lowest BCUT2D eigenvalue weighted by molar-refractivity contribution is 0.157. The van der Waals surface area contributed by atoms with Crippen LogP contribution in [0.1, 0.15) is 18.9 Å². The Labute approximate surface area is 108 Å². The summed E-state index contributed by atoms with van der Waals surface area (Å²) in [4.78, 5) is 0. The summed E-state index contributed by atoms with van der Waals surface area (Å²) in [5.41, 5.74) is 2.91. The quantitative estimate of drug-likeness (QED) is 0.820. The zero-order valence-electron chi connectivity index (χ0n) is 10.6. The number of ether oxygens (including phenoxy) is 1. The van der Waals surface area contributed by atoms with Crippen molar-refractivity contribution in [2.45, 2.75) is 26.1 Å². The van der Waals surface area contributed by atoms with Crippen LogP contribution < -0.4 is 0 Å². The largest absolute Gasteiger partial charge is 0.489 e. The average molecular weight is 242 g/mol. The Bertz CT molecular complexity index is 483. The van der Waals surface area contributed by atoms with E-state index in [1.54, 1.807) is 0 Å². The van der Waals surface area contributed by atoms with Gasteiger partial charge in [-0.1, -0.05) is 43.0 Å². The van der Waals surface area contributed by atoms with Crippen LogP contribution in [-0.4, -0.2) is 11.2 Å². The second-order valence-electron chi connectivity index (χ2n) is 4.38. The van der Waals surface area contributed by atoms with E-state index in [9.17, 15) is 5.11 Å². The molecule has 0 saturated heterocycles. The van der Waals surface area contributed by atoms with Crippen LogP contribution in [-0.2, 0) is 11.3 Å². The fourth-order valence-corrected chi connectivity index (χ4v) is 1.99. The summed E-state index contributed by atoms with van der Waals surface area (Å²) in [6.45, 7) is 6.35. The van der Waals surface area contributed by atoms with Crippen molar-refractivity contribution in [3.05, 3.63) is 71.5 Å². The van der Waals surface area contributed by atoms with Gasteiger partial charge in [-0.05, 0) is 24.1 Å². The summed E-state index contributed by atoms with van der Waals surface area (Å²) in [6, 6.07) is 9.98. The van der Waals surface area contributed by atoms with Gasteiger partial charge in [0.25, 0.3) is 0 Å². The van der Waals surface area contributed by atoms with Crippen LogP contribution in [0, 0.1) is 0 Å². The summed E-state index contributed by atoms with van der Waals surface area (Å²) in [5.74, 6) is 0.727. The topological polar surface area (TPSA) is 29.5 Å². The van der Waals surface area contributed by atoms with Gasteiger partial charge in [0.05, 0.1) is 6.10 Å². The third kappa shape index (κ3) is 2.71. The molecule has 1 aromatic rings. The van der Waals surface area contributed by atoms with Crippen LogP contribution in [0.2, 0.25) is 0 Å². The molecule has 0 aliphatic heterocycles. The first-order valence-corrected chi connectivity index (χ1v) is 6.12. The molecule has 1 saturated carbocycles. The van der Waals surface area contributed by atoms with Gasteiger partial charge in [-0.25, -0.2) is 0 Å². The van der Waals surface area contributed by atoms with E-state index >= 15 is 0 Å². The van der Waals surface area contributed by atoms with Gasteiger partial charge >= 0.3 is 0 Å². The van der Waals surface area contributed by atoms with Crippen molar-refractivity contribution in [2.24, 2.45) is 0 Å². The van der Waals surface area contributed by atoms with E-state index in [1.165, 1.54) is 0 Å². The predicted molar refractivity (Wildman–Crippen MR) is 72.8 cm³/mol. The molecule has 2 nitrogen and oxygen atoms in total. The molecular weight excluding hydrogens is 224 g/mol. The number of aliphatic hydroxyl groups excluding tert-OH is 1. The van der Waals surface area contributed by atoms with Crippen molar-refractivity contribution in [1.29, 1.82) is 0 Å². The number of hydrogen-bond donors (Lipinski definition) is 1. The number of benzene rings is 1. The lowest BCUT2D eigenvalue weighted by Gasteiger charge is -2.29. The molecule has 1 unspecified atom stereocenters. The van der Waals surface area contributed by atoms with Crippen LogP contribution in [0.5, 0.6) is 0 Å². The minimum Gasteiger partial charge on any atom is -0.489 e. The Morgan fingerprint density at radius 3 is 2.72 bits per heavy atom. The minimum atomic E-state index is -0.431. The Kier molecular flexibility index (Phi) is 4.00. The zero-order chi connectivity index (χ0) is 13.0. The van der Waals surface area contributed by atoms with E-state index in [-0.39, 0.29) is 0 Å². The molecule has 2 heteroatoms. The van der Waals surface area contributed by atoms with Crippen LogP contribution in [0.3, 0.4) is 0 Å². The van der Waals surface area contributed by atoms with E-state index in [4.69, 9.17) is 4.74 Å². The fourth-order valence-electron chi connectivity index (χ4n) is 1.99. The normalized spacial score (nSPS) is 21.9. The molecule has 1 fully saturated rings. The maximum Gasteiger partial charge on any atom is 0.125 e. The molecular formula is C16H18O2. The molecule has 2 rings (SSSR count). The maximum absolute atomic E-state index is 9.74. The Morgan fingerprint density at radius 1 is 1.44 bits per heavy atom. The van der Waals surface area contributed by atoms with Gasteiger partial charge in [-0.3, -0.25) is 0 Å². The SMILES string of the molecule is C=C1CC(O)/C1=C(/C=C\C)OCc1ccccc1. The van der Waals surface area contributed by atoms with E-state index in [0.29, 0.717) is 13.0 Å². The Morgan fingerprint density at radius 2 is 2.17 bits per heavy atom. The first kappa shape index (κ1) is 12.7. The number of rotatable bonds is 4. The molecule has 1 aromatic carbocycles. The highest BCUT2D eigenvalue weighted by atomic mass is 16.5. The van der Waals surface area contributed by atoms with Gasteiger partial charge in [-0.15, -0.1) is 0 Å². The van der Waals surface area contributed by atoms with Crippen molar-refractivity contribution in [3.8, 4) is 0 Å². The molecule has 1 N–H and O–H groups in total. The average Bonchev–Trinajstić information content (AvgIpc) is 2.37. The van der Waals surface area contributed by atoms with Crippen molar-refractivity contribution >= 4 is 0 Å². The first-order chi connectivity index (χ1) is 8.72. The number of aliphatic hydroxyl groups is 1. The van der Waals surface area contributed by atoms with Gasteiger partial charge in [0.15, 0.2) is 0 Å². The molecule has 18 heavy (non-hydrogen) atoms. The van der Waals surface area contributed by atoms with E-state index in [2.05, 4.69) is 6.58 Å². The molecule has 0 amide bonds. The standard InChI is InChI=1S/C16H18O2/c1-3-7-15(16-12(2)10-14(16)17)18-11-13-8-5-4-6-9-13/h3-9,14,17H,2,10-11H2,1H3/b7-3-,16-15-. The summed E-state index contributed by atoms with van der Waals surface area (Å²) < 4.78 is 5.79. The van der Waals surface area contributed by atoms with E-state index in [1.807, 2.05) is 49.4 Å². The van der Waals surface area contributed by atoms with E-state index < -0.39 is 6.10 Å². The maximum atomic E-state index is 9.74. The lowest BCUT2D eigenvalue weighted by atomic mass is 9.82. The van der Waals surface area contributed by atoms with Gasteiger partial charge in [0.1, 0.15) is 12.4 Å². The predicted octanol–water partition coefficient (Wildman–Crippen LogP) is 3.35. The van der Waals surface area contributed by atoms with Crippen LogP contribution >= 0.6 is 0 Å². The van der Waals surface area contributed by atoms with Crippen molar-refractivity contribution in [2.75, 3.05) is 0 Å². The smallest absolute Gasteiger partial charge is 0.125 e. The summed E-state index contributed by atoms with van der Waals surface area (Å²) in [5, 5.41) is 9.74. The monoisotopic (exact) mass is 242 g/mol. The molecule has 0 radical (unpaired) electrons.